The van der Waals surface area contributed by atoms with E-state index >= 15 is 0 Å². The van der Waals surface area contributed by atoms with E-state index in [1.807, 2.05) is 37.3 Å². The number of carbonyl (C=O) groups is 1. The smallest absolute Gasteiger partial charge is 0.266 e. The number of nitrogens with zero attached hydrogens (tertiary/aromatic N) is 3. The van der Waals surface area contributed by atoms with E-state index in [4.69, 9.17) is 9.47 Å². The minimum absolute atomic E-state index is 0.195. The van der Waals surface area contributed by atoms with Crippen LogP contribution in [-0.2, 0) is 11.3 Å². The molecule has 0 aliphatic carbocycles. The van der Waals surface area contributed by atoms with Crippen molar-refractivity contribution < 1.29 is 14.3 Å². The summed E-state index contributed by atoms with van der Waals surface area (Å²) in [6, 6.07) is 9.45. The summed E-state index contributed by atoms with van der Waals surface area (Å²) in [5.74, 6) is 0.766. The summed E-state index contributed by atoms with van der Waals surface area (Å²) in [4.78, 5) is 27.4. The van der Waals surface area contributed by atoms with Crippen molar-refractivity contribution in [1.82, 2.24) is 15.0 Å². The molecule has 0 aliphatic heterocycles. The molecule has 0 radical (unpaired) electrons. The van der Waals surface area contributed by atoms with E-state index in [1.54, 1.807) is 20.4 Å². The van der Waals surface area contributed by atoms with Crippen molar-refractivity contribution in [2.75, 3.05) is 19.5 Å². The largest absolute Gasteiger partial charge is 0.480 e. The summed E-state index contributed by atoms with van der Waals surface area (Å²) in [5.41, 5.74) is 2.38. The number of methoxy groups -OCH3 is 2. The molecule has 0 unspecified atom stereocenters. The van der Waals surface area contributed by atoms with Crippen molar-refractivity contribution in [3.05, 3.63) is 52.8 Å². The van der Waals surface area contributed by atoms with E-state index in [1.165, 1.54) is 11.3 Å². The first-order valence-corrected chi connectivity index (χ1v) is 9.41. The Morgan fingerprint density at radius 3 is 2.86 bits per heavy atom. The number of rotatable bonds is 5. The molecule has 8 heteroatoms. The predicted molar refractivity (Wildman–Crippen MR) is 109 cm³/mol. The molecule has 142 valence electrons. The van der Waals surface area contributed by atoms with Crippen LogP contribution in [0.5, 0.6) is 5.88 Å². The first kappa shape index (κ1) is 18.3. The average Bonchev–Trinajstić information content (AvgIpc) is 3.04. The summed E-state index contributed by atoms with van der Waals surface area (Å²) in [6.45, 7) is 2.15. The van der Waals surface area contributed by atoms with Crippen LogP contribution >= 0.6 is 11.3 Å². The first-order chi connectivity index (χ1) is 13.6. The number of aryl methyl sites for hydroxylation is 1. The van der Waals surface area contributed by atoms with Crippen molar-refractivity contribution >= 4 is 44.1 Å². The van der Waals surface area contributed by atoms with Gasteiger partial charge in [-0.3, -0.25) is 9.78 Å². The Labute approximate surface area is 165 Å². The summed E-state index contributed by atoms with van der Waals surface area (Å²) >= 11 is 1.31. The lowest BCUT2D eigenvalue weighted by molar-refractivity contribution is 0.103. The Morgan fingerprint density at radius 1 is 1.21 bits per heavy atom. The summed E-state index contributed by atoms with van der Waals surface area (Å²) < 4.78 is 10.5. The van der Waals surface area contributed by atoms with Crippen LogP contribution < -0.4 is 10.1 Å². The number of anilines is 1. The van der Waals surface area contributed by atoms with Crippen molar-refractivity contribution in [2.45, 2.75) is 13.5 Å². The highest BCUT2D eigenvalue weighted by atomic mass is 32.1. The molecule has 1 aromatic carbocycles. The number of nitrogens with one attached hydrogen (secondary N) is 1. The molecule has 4 rings (SSSR count). The van der Waals surface area contributed by atoms with Gasteiger partial charge in [-0.15, -0.1) is 11.3 Å². The molecule has 0 atom stereocenters. The maximum absolute atomic E-state index is 12.9. The van der Waals surface area contributed by atoms with E-state index in [0.29, 0.717) is 27.1 Å². The number of amides is 1. The third-order valence-corrected chi connectivity index (χ3v) is 5.52. The van der Waals surface area contributed by atoms with E-state index in [0.717, 1.165) is 21.9 Å². The van der Waals surface area contributed by atoms with Crippen molar-refractivity contribution in [3.63, 3.8) is 0 Å². The van der Waals surface area contributed by atoms with Gasteiger partial charge >= 0.3 is 0 Å². The van der Waals surface area contributed by atoms with E-state index in [2.05, 4.69) is 20.3 Å². The number of benzene rings is 1. The van der Waals surface area contributed by atoms with Gasteiger partial charge in [-0.05, 0) is 36.8 Å². The van der Waals surface area contributed by atoms with E-state index in [9.17, 15) is 4.79 Å². The molecule has 28 heavy (non-hydrogen) atoms. The second-order valence-corrected chi connectivity index (χ2v) is 7.18. The van der Waals surface area contributed by atoms with Gasteiger partial charge in [0.15, 0.2) is 5.82 Å². The highest BCUT2D eigenvalue weighted by Gasteiger charge is 2.21. The zero-order valence-electron chi connectivity index (χ0n) is 15.6. The Balaban J connectivity index is 1.70. The summed E-state index contributed by atoms with van der Waals surface area (Å²) in [5, 5.41) is 4.67. The van der Waals surface area contributed by atoms with Crippen LogP contribution in [0.1, 0.15) is 21.1 Å². The van der Waals surface area contributed by atoms with Gasteiger partial charge in [-0.25, -0.2) is 4.98 Å². The van der Waals surface area contributed by atoms with Crippen LogP contribution in [0.3, 0.4) is 0 Å². The van der Waals surface area contributed by atoms with Crippen LogP contribution in [-0.4, -0.2) is 35.1 Å². The molecule has 0 fully saturated rings. The zero-order chi connectivity index (χ0) is 19.7. The highest BCUT2D eigenvalue weighted by molar-refractivity contribution is 7.20. The molecule has 0 saturated carbocycles. The third-order valence-electron chi connectivity index (χ3n) is 4.34. The fourth-order valence-corrected chi connectivity index (χ4v) is 4.13. The Hall–Kier alpha value is -3.10. The van der Waals surface area contributed by atoms with Gasteiger partial charge in [-0.2, -0.15) is 4.98 Å². The van der Waals surface area contributed by atoms with Gasteiger partial charge in [0.25, 0.3) is 5.91 Å². The zero-order valence-corrected chi connectivity index (χ0v) is 16.5. The fourth-order valence-electron chi connectivity index (χ4n) is 3.04. The lowest BCUT2D eigenvalue weighted by Gasteiger charge is -2.06. The highest BCUT2D eigenvalue weighted by Crippen LogP contribution is 2.35. The van der Waals surface area contributed by atoms with Gasteiger partial charge in [0, 0.05) is 24.4 Å². The quantitative estimate of drug-likeness (QED) is 0.551. The number of fused-ring (bicyclic) bond motifs is 2. The van der Waals surface area contributed by atoms with Crippen molar-refractivity contribution in [3.8, 4) is 5.88 Å². The van der Waals surface area contributed by atoms with Crippen LogP contribution in [0.15, 0.2) is 36.5 Å². The van der Waals surface area contributed by atoms with Gasteiger partial charge in [0.1, 0.15) is 11.4 Å². The molecule has 7 nitrogen and oxygen atoms in total. The lowest BCUT2D eigenvalue weighted by Crippen LogP contribution is -2.11. The Morgan fingerprint density at radius 2 is 2.07 bits per heavy atom. The monoisotopic (exact) mass is 394 g/mol. The second kappa shape index (κ2) is 7.49. The van der Waals surface area contributed by atoms with Crippen LogP contribution in [0.25, 0.3) is 21.1 Å². The molecular weight excluding hydrogens is 376 g/mol. The van der Waals surface area contributed by atoms with Gasteiger partial charge in [0.05, 0.1) is 22.9 Å². The van der Waals surface area contributed by atoms with Crippen LogP contribution in [0, 0.1) is 6.92 Å². The summed E-state index contributed by atoms with van der Waals surface area (Å²) in [7, 11) is 3.13. The molecular formula is C20H18N4O3S. The van der Waals surface area contributed by atoms with Gasteiger partial charge < -0.3 is 14.8 Å². The average molecular weight is 394 g/mol. The first-order valence-electron chi connectivity index (χ1n) is 8.59. The number of thiophene rings is 1. The molecule has 3 heterocycles. The number of aromatic nitrogens is 3. The number of carbonyl (C=O) groups excluding carboxylic acids is 1. The van der Waals surface area contributed by atoms with Crippen LogP contribution in [0.2, 0.25) is 0 Å². The normalized spacial score (nSPS) is 11.1. The lowest BCUT2D eigenvalue weighted by atomic mass is 10.2. The summed E-state index contributed by atoms with van der Waals surface area (Å²) in [6.07, 6.45) is 1.74. The number of pyridine rings is 1. The number of hydrogen-bond donors (Lipinski definition) is 1. The minimum Gasteiger partial charge on any atom is -0.480 e. The Kier molecular flexibility index (Phi) is 4.89. The molecule has 0 bridgehead atoms. The van der Waals surface area contributed by atoms with Gasteiger partial charge in [0.2, 0.25) is 5.88 Å². The molecule has 4 aromatic rings. The minimum atomic E-state index is -0.195. The predicted octanol–water partition coefficient (Wildman–Crippen LogP) is 3.96. The van der Waals surface area contributed by atoms with E-state index in [-0.39, 0.29) is 12.5 Å². The number of hydrogen-bond acceptors (Lipinski definition) is 7. The maximum atomic E-state index is 12.9. The molecule has 3 aromatic heterocycles. The molecule has 0 spiro atoms. The van der Waals surface area contributed by atoms with Crippen molar-refractivity contribution in [2.24, 2.45) is 0 Å². The van der Waals surface area contributed by atoms with Crippen molar-refractivity contribution in [1.29, 1.82) is 0 Å². The van der Waals surface area contributed by atoms with E-state index < -0.39 is 0 Å². The Bertz CT molecular complexity index is 1190. The molecule has 0 aliphatic rings. The standard InChI is InChI=1S/C20H18N4O3S/c1-11-16-19(27-3)23-15(10-26-2)24-20(16)28-17(11)18(25)22-13-6-7-14-12(9-13)5-4-8-21-14/h4-9H,10H2,1-3H3,(H,22,25). The van der Waals surface area contributed by atoms with Crippen LogP contribution in [0.4, 0.5) is 5.69 Å². The maximum Gasteiger partial charge on any atom is 0.266 e. The van der Waals surface area contributed by atoms with Gasteiger partial charge in [-0.1, -0.05) is 6.07 Å². The SMILES string of the molecule is COCc1nc(OC)c2c(C)c(C(=O)Nc3ccc4ncccc4c3)sc2n1. The fraction of sp³-hybridized carbons (Fsp3) is 0.200. The molecule has 0 saturated heterocycles. The molecule has 1 N–H and O–H groups in total. The number of ether oxygens (including phenoxy) is 2. The third kappa shape index (κ3) is 3.28. The topological polar surface area (TPSA) is 86.2 Å². The second-order valence-electron chi connectivity index (χ2n) is 6.18. The molecule has 1 amide bonds.